The summed E-state index contributed by atoms with van der Waals surface area (Å²) in [5.74, 6) is 0.105. The van der Waals surface area contributed by atoms with Gasteiger partial charge in [-0.05, 0) is 24.5 Å². The van der Waals surface area contributed by atoms with Crippen molar-refractivity contribution in [2.24, 2.45) is 5.92 Å². The largest absolute Gasteiger partial charge is 0.372 e. The molecule has 1 aliphatic rings. The zero-order valence-electron chi connectivity index (χ0n) is 14.5. The first-order valence-corrected chi connectivity index (χ1v) is 8.36. The molecule has 2 amide bonds. The van der Waals surface area contributed by atoms with E-state index in [0.717, 1.165) is 30.8 Å². The van der Waals surface area contributed by atoms with E-state index >= 15 is 0 Å². The van der Waals surface area contributed by atoms with Gasteiger partial charge in [-0.15, -0.1) is 0 Å². The van der Waals surface area contributed by atoms with Crippen LogP contribution in [0.3, 0.4) is 0 Å². The molecule has 126 valence electrons. The van der Waals surface area contributed by atoms with E-state index in [4.69, 9.17) is 0 Å². The van der Waals surface area contributed by atoms with E-state index < -0.39 is 0 Å². The van der Waals surface area contributed by atoms with Crippen LogP contribution in [0.5, 0.6) is 0 Å². The van der Waals surface area contributed by atoms with Crippen molar-refractivity contribution in [1.82, 2.24) is 4.90 Å². The Hall–Kier alpha value is -2.04. The number of nitrogens with zero attached hydrogens (tertiary/aromatic N) is 2. The Morgan fingerprint density at radius 1 is 1.35 bits per heavy atom. The Labute approximate surface area is 138 Å². The molecule has 0 saturated carbocycles. The molecule has 1 heterocycles. The summed E-state index contributed by atoms with van der Waals surface area (Å²) in [7, 11) is 1.80. The Bertz CT molecular complexity index is 571. The van der Waals surface area contributed by atoms with E-state index in [2.05, 4.69) is 12.2 Å². The highest BCUT2D eigenvalue weighted by molar-refractivity contribution is 6.07. The van der Waals surface area contributed by atoms with Gasteiger partial charge in [0.15, 0.2) is 0 Å². The first kappa shape index (κ1) is 17.3. The number of carbonyl (C=O) groups is 2. The van der Waals surface area contributed by atoms with Crippen LogP contribution < -0.4 is 10.2 Å². The van der Waals surface area contributed by atoms with Gasteiger partial charge in [0.25, 0.3) is 0 Å². The molecule has 1 aromatic carbocycles. The average molecular weight is 317 g/mol. The maximum absolute atomic E-state index is 12.8. The van der Waals surface area contributed by atoms with Gasteiger partial charge in [-0.1, -0.05) is 39.3 Å². The highest BCUT2D eigenvalue weighted by Crippen LogP contribution is 2.32. The van der Waals surface area contributed by atoms with Crippen LogP contribution in [0.4, 0.5) is 11.4 Å². The third-order valence-corrected chi connectivity index (χ3v) is 4.27. The van der Waals surface area contributed by atoms with Crippen molar-refractivity contribution in [3.05, 3.63) is 24.3 Å². The quantitative estimate of drug-likeness (QED) is 0.878. The Kier molecular flexibility index (Phi) is 5.64. The fourth-order valence-corrected chi connectivity index (χ4v) is 2.74. The lowest BCUT2D eigenvalue weighted by Gasteiger charge is -2.37. The molecule has 0 radical (unpaired) electrons. The molecule has 1 N–H and O–H groups in total. The van der Waals surface area contributed by atoms with Crippen LogP contribution in [-0.2, 0) is 9.59 Å². The van der Waals surface area contributed by atoms with Gasteiger partial charge >= 0.3 is 0 Å². The number of amides is 2. The molecule has 0 aliphatic carbocycles. The minimum atomic E-state index is -0.293. The number of unbranched alkanes of at least 4 members (excludes halogenated alkanes) is 1. The SMILES string of the molecule is CCCCN(C)C(=O)CN1C(=O)C(C(C)C)Nc2ccccc21. The van der Waals surface area contributed by atoms with Crippen LogP contribution in [0.25, 0.3) is 0 Å². The molecule has 0 spiro atoms. The number of benzene rings is 1. The van der Waals surface area contributed by atoms with Crippen molar-refractivity contribution in [3.63, 3.8) is 0 Å². The van der Waals surface area contributed by atoms with Crippen LogP contribution in [0.1, 0.15) is 33.6 Å². The number of likely N-dealkylation sites (N-methyl/N-ethyl adjacent to an activating group) is 1. The van der Waals surface area contributed by atoms with E-state index in [1.165, 1.54) is 0 Å². The van der Waals surface area contributed by atoms with Crippen molar-refractivity contribution in [3.8, 4) is 0 Å². The maximum Gasteiger partial charge on any atom is 0.250 e. The highest BCUT2D eigenvalue weighted by atomic mass is 16.2. The van der Waals surface area contributed by atoms with E-state index in [9.17, 15) is 9.59 Å². The number of hydrogen-bond acceptors (Lipinski definition) is 3. The van der Waals surface area contributed by atoms with Crippen LogP contribution in [0.2, 0.25) is 0 Å². The molecule has 1 aromatic rings. The molecule has 5 nitrogen and oxygen atoms in total. The second kappa shape index (κ2) is 7.49. The van der Waals surface area contributed by atoms with Gasteiger partial charge in [0, 0.05) is 13.6 Å². The molecule has 23 heavy (non-hydrogen) atoms. The van der Waals surface area contributed by atoms with Gasteiger partial charge in [0.1, 0.15) is 12.6 Å². The van der Waals surface area contributed by atoms with E-state index in [1.807, 2.05) is 38.1 Å². The normalized spacial score (nSPS) is 17.0. The Morgan fingerprint density at radius 2 is 2.04 bits per heavy atom. The second-order valence-corrected chi connectivity index (χ2v) is 6.48. The number of fused-ring (bicyclic) bond motifs is 1. The van der Waals surface area contributed by atoms with Gasteiger partial charge in [-0.3, -0.25) is 14.5 Å². The zero-order valence-corrected chi connectivity index (χ0v) is 14.5. The Morgan fingerprint density at radius 3 is 2.70 bits per heavy atom. The summed E-state index contributed by atoms with van der Waals surface area (Å²) in [6.07, 6.45) is 2.02. The first-order valence-electron chi connectivity index (χ1n) is 8.36. The fourth-order valence-electron chi connectivity index (χ4n) is 2.74. The molecule has 0 saturated heterocycles. The van der Waals surface area contributed by atoms with Crippen LogP contribution in [0.15, 0.2) is 24.3 Å². The van der Waals surface area contributed by atoms with Gasteiger partial charge in [-0.25, -0.2) is 0 Å². The Balaban J connectivity index is 2.21. The summed E-state index contributed by atoms with van der Waals surface area (Å²) in [4.78, 5) is 28.6. The number of nitrogens with one attached hydrogen (secondary N) is 1. The van der Waals surface area contributed by atoms with E-state index in [0.29, 0.717) is 0 Å². The minimum Gasteiger partial charge on any atom is -0.372 e. The van der Waals surface area contributed by atoms with E-state index in [-0.39, 0.29) is 30.3 Å². The fraction of sp³-hybridized carbons (Fsp3) is 0.556. The lowest BCUT2D eigenvalue weighted by Crippen LogP contribution is -2.52. The van der Waals surface area contributed by atoms with Crippen LogP contribution >= 0.6 is 0 Å². The molecule has 1 unspecified atom stereocenters. The molecular formula is C18H27N3O2. The highest BCUT2D eigenvalue weighted by Gasteiger charge is 2.35. The van der Waals surface area contributed by atoms with Crippen molar-refractivity contribution >= 4 is 23.2 Å². The predicted octanol–water partition coefficient (Wildman–Crippen LogP) is 2.73. The average Bonchev–Trinajstić information content (AvgIpc) is 2.54. The third kappa shape index (κ3) is 3.84. The zero-order chi connectivity index (χ0) is 17.0. The summed E-state index contributed by atoms with van der Waals surface area (Å²) < 4.78 is 0. The minimum absolute atomic E-state index is 0.0222. The number of anilines is 2. The monoisotopic (exact) mass is 317 g/mol. The predicted molar refractivity (Wildman–Crippen MR) is 93.6 cm³/mol. The van der Waals surface area contributed by atoms with E-state index in [1.54, 1.807) is 16.8 Å². The number of hydrogen-bond donors (Lipinski definition) is 1. The van der Waals surface area contributed by atoms with Crippen molar-refractivity contribution < 1.29 is 9.59 Å². The third-order valence-electron chi connectivity index (χ3n) is 4.27. The molecule has 0 fully saturated rings. The number of para-hydroxylation sites is 2. The molecule has 5 heteroatoms. The van der Waals surface area contributed by atoms with Gasteiger partial charge in [0.2, 0.25) is 11.8 Å². The lowest BCUT2D eigenvalue weighted by atomic mass is 9.99. The second-order valence-electron chi connectivity index (χ2n) is 6.48. The van der Waals surface area contributed by atoms with Crippen LogP contribution in [0, 0.1) is 5.92 Å². The molecule has 2 rings (SSSR count). The van der Waals surface area contributed by atoms with Crippen molar-refractivity contribution in [2.45, 2.75) is 39.7 Å². The number of rotatable bonds is 6. The molecule has 1 atom stereocenters. The molecule has 0 bridgehead atoms. The van der Waals surface area contributed by atoms with Gasteiger partial charge < -0.3 is 10.2 Å². The van der Waals surface area contributed by atoms with Crippen molar-refractivity contribution in [2.75, 3.05) is 30.4 Å². The summed E-state index contributed by atoms with van der Waals surface area (Å²) in [6, 6.07) is 7.37. The summed E-state index contributed by atoms with van der Waals surface area (Å²) in [5.41, 5.74) is 1.70. The topological polar surface area (TPSA) is 52.7 Å². The summed E-state index contributed by atoms with van der Waals surface area (Å²) in [5, 5.41) is 3.30. The summed E-state index contributed by atoms with van der Waals surface area (Å²) in [6.45, 7) is 6.95. The molecular weight excluding hydrogens is 290 g/mol. The smallest absolute Gasteiger partial charge is 0.250 e. The van der Waals surface area contributed by atoms with Gasteiger partial charge in [-0.2, -0.15) is 0 Å². The van der Waals surface area contributed by atoms with Gasteiger partial charge in [0.05, 0.1) is 11.4 Å². The first-order chi connectivity index (χ1) is 11.0. The van der Waals surface area contributed by atoms with Crippen LogP contribution in [-0.4, -0.2) is 42.9 Å². The maximum atomic E-state index is 12.8. The number of carbonyl (C=O) groups excluding carboxylic acids is 2. The molecule has 0 aromatic heterocycles. The summed E-state index contributed by atoms with van der Waals surface area (Å²) >= 11 is 0. The standard InChI is InChI=1S/C18H27N3O2/c1-5-6-11-20(4)16(22)12-21-15-10-8-7-9-14(15)19-17(13(2)3)18(21)23/h7-10,13,17,19H,5-6,11-12H2,1-4H3. The molecule has 1 aliphatic heterocycles. The van der Waals surface area contributed by atoms with Crippen molar-refractivity contribution in [1.29, 1.82) is 0 Å². The lowest BCUT2D eigenvalue weighted by molar-refractivity contribution is -0.130.